The number of carbonyl (C=O) groups is 2. The van der Waals surface area contributed by atoms with Gasteiger partial charge >= 0.3 is 5.97 Å². The van der Waals surface area contributed by atoms with Gasteiger partial charge in [-0.3, -0.25) is 9.59 Å². The number of halogens is 1. The zero-order valence-corrected chi connectivity index (χ0v) is 15.3. The van der Waals surface area contributed by atoms with E-state index < -0.39 is 11.9 Å². The van der Waals surface area contributed by atoms with Crippen molar-refractivity contribution in [2.45, 2.75) is 19.4 Å². The Bertz CT molecular complexity index is 776. The molecule has 27 heavy (non-hydrogen) atoms. The molecule has 0 aromatic heterocycles. The van der Waals surface area contributed by atoms with Crippen LogP contribution in [-0.2, 0) is 27.3 Å². The Morgan fingerprint density at radius 1 is 0.963 bits per heavy atom. The molecule has 6 nitrogen and oxygen atoms in total. The summed E-state index contributed by atoms with van der Waals surface area (Å²) in [5.41, 5.74) is 1.65. The van der Waals surface area contributed by atoms with Crippen molar-refractivity contribution in [3.05, 3.63) is 59.4 Å². The third kappa shape index (κ3) is 6.62. The van der Waals surface area contributed by atoms with Crippen LogP contribution in [0.5, 0.6) is 11.5 Å². The summed E-state index contributed by atoms with van der Waals surface area (Å²) >= 11 is 0. The summed E-state index contributed by atoms with van der Waals surface area (Å²) in [6, 6.07) is 11.2. The number of carbonyl (C=O) groups excluding carboxylic acids is 2. The second kappa shape index (κ2) is 10.2. The number of hydrogen-bond donors (Lipinski definition) is 1. The Balaban J connectivity index is 1.71. The highest BCUT2D eigenvalue weighted by atomic mass is 19.1. The molecule has 0 heterocycles. The minimum Gasteiger partial charge on any atom is -0.493 e. The van der Waals surface area contributed by atoms with Crippen LogP contribution in [0.2, 0.25) is 0 Å². The van der Waals surface area contributed by atoms with Crippen LogP contribution >= 0.6 is 0 Å². The second-order valence-corrected chi connectivity index (χ2v) is 5.75. The van der Waals surface area contributed by atoms with Crippen molar-refractivity contribution in [2.75, 3.05) is 20.8 Å². The molecule has 0 aliphatic rings. The molecule has 0 saturated heterocycles. The standard InChI is InChI=1S/C20H22FNO5/c1-25-17-9-5-15(11-18(17)26-2)12-22-19(23)13-27-20(24)10-6-14-3-7-16(21)8-4-14/h3-5,7-9,11H,6,10,12-13H2,1-2H3,(H,22,23). The number of hydrogen-bond acceptors (Lipinski definition) is 5. The van der Waals surface area contributed by atoms with E-state index in [-0.39, 0.29) is 25.4 Å². The summed E-state index contributed by atoms with van der Waals surface area (Å²) in [7, 11) is 3.08. The molecule has 0 radical (unpaired) electrons. The number of nitrogens with one attached hydrogen (secondary N) is 1. The van der Waals surface area contributed by atoms with Gasteiger partial charge in [-0.15, -0.1) is 0 Å². The lowest BCUT2D eigenvalue weighted by Crippen LogP contribution is -2.28. The Kier molecular flexibility index (Phi) is 7.61. The lowest BCUT2D eigenvalue weighted by Gasteiger charge is -2.10. The molecule has 0 aliphatic carbocycles. The van der Waals surface area contributed by atoms with Gasteiger partial charge in [0.1, 0.15) is 5.82 Å². The normalized spacial score (nSPS) is 10.2. The molecular weight excluding hydrogens is 353 g/mol. The summed E-state index contributed by atoms with van der Waals surface area (Å²) in [5, 5.41) is 2.67. The van der Waals surface area contributed by atoms with Crippen molar-refractivity contribution in [3.8, 4) is 11.5 Å². The maximum Gasteiger partial charge on any atom is 0.306 e. The van der Waals surface area contributed by atoms with Gasteiger partial charge in [-0.2, -0.15) is 0 Å². The van der Waals surface area contributed by atoms with Gasteiger partial charge in [-0.1, -0.05) is 18.2 Å². The van der Waals surface area contributed by atoms with Crippen LogP contribution in [0.4, 0.5) is 4.39 Å². The first-order valence-corrected chi connectivity index (χ1v) is 8.39. The van der Waals surface area contributed by atoms with Gasteiger partial charge in [-0.25, -0.2) is 4.39 Å². The maximum absolute atomic E-state index is 12.8. The van der Waals surface area contributed by atoms with Crippen LogP contribution in [0.3, 0.4) is 0 Å². The summed E-state index contributed by atoms with van der Waals surface area (Å²) in [6.45, 7) is -0.0815. The van der Waals surface area contributed by atoms with Crippen molar-refractivity contribution < 1.29 is 28.2 Å². The molecule has 1 amide bonds. The molecule has 1 N–H and O–H groups in total. The van der Waals surface area contributed by atoms with Gasteiger partial charge in [0, 0.05) is 13.0 Å². The molecule has 2 rings (SSSR count). The summed E-state index contributed by atoms with van der Waals surface area (Å²) in [4.78, 5) is 23.5. The molecular formula is C20H22FNO5. The van der Waals surface area contributed by atoms with E-state index in [2.05, 4.69) is 5.32 Å². The summed E-state index contributed by atoms with van der Waals surface area (Å²) in [6.07, 6.45) is 0.543. The van der Waals surface area contributed by atoms with Crippen LogP contribution < -0.4 is 14.8 Å². The van der Waals surface area contributed by atoms with Gasteiger partial charge in [0.05, 0.1) is 14.2 Å². The Labute approximate surface area is 157 Å². The smallest absolute Gasteiger partial charge is 0.306 e. The molecule has 2 aromatic carbocycles. The van der Waals surface area contributed by atoms with Crippen molar-refractivity contribution >= 4 is 11.9 Å². The first-order valence-electron chi connectivity index (χ1n) is 8.39. The topological polar surface area (TPSA) is 73.9 Å². The monoisotopic (exact) mass is 375 g/mol. The molecule has 0 saturated carbocycles. The van der Waals surface area contributed by atoms with Crippen molar-refractivity contribution in [1.82, 2.24) is 5.32 Å². The first-order chi connectivity index (χ1) is 13.0. The fourth-order valence-corrected chi connectivity index (χ4v) is 2.36. The molecule has 0 bridgehead atoms. The zero-order valence-electron chi connectivity index (χ0n) is 15.3. The van der Waals surface area contributed by atoms with E-state index in [1.807, 2.05) is 0 Å². The number of benzene rings is 2. The van der Waals surface area contributed by atoms with E-state index in [4.69, 9.17) is 14.2 Å². The van der Waals surface area contributed by atoms with E-state index in [0.29, 0.717) is 17.9 Å². The van der Waals surface area contributed by atoms with E-state index in [9.17, 15) is 14.0 Å². The Morgan fingerprint density at radius 2 is 1.63 bits per heavy atom. The fraction of sp³-hybridized carbons (Fsp3) is 0.300. The molecule has 0 aliphatic heterocycles. The van der Waals surface area contributed by atoms with Crippen LogP contribution in [0.15, 0.2) is 42.5 Å². The SMILES string of the molecule is COc1ccc(CNC(=O)COC(=O)CCc2ccc(F)cc2)cc1OC. The van der Waals surface area contributed by atoms with E-state index in [1.165, 1.54) is 19.2 Å². The highest BCUT2D eigenvalue weighted by Crippen LogP contribution is 2.27. The molecule has 0 unspecified atom stereocenters. The van der Waals surface area contributed by atoms with Gasteiger partial charge in [-0.05, 0) is 41.8 Å². The quantitative estimate of drug-likeness (QED) is 0.682. The van der Waals surface area contributed by atoms with Crippen LogP contribution in [-0.4, -0.2) is 32.7 Å². The zero-order chi connectivity index (χ0) is 19.6. The minimum absolute atomic E-state index is 0.120. The molecule has 2 aromatic rings. The third-order valence-corrected chi connectivity index (χ3v) is 3.83. The van der Waals surface area contributed by atoms with Crippen molar-refractivity contribution in [2.24, 2.45) is 0 Å². The van der Waals surface area contributed by atoms with Gasteiger partial charge in [0.2, 0.25) is 0 Å². The van der Waals surface area contributed by atoms with Gasteiger partial charge < -0.3 is 19.5 Å². The van der Waals surface area contributed by atoms with Crippen LogP contribution in [0.1, 0.15) is 17.5 Å². The average molecular weight is 375 g/mol. The lowest BCUT2D eigenvalue weighted by molar-refractivity contribution is -0.148. The van der Waals surface area contributed by atoms with E-state index in [0.717, 1.165) is 11.1 Å². The van der Waals surface area contributed by atoms with E-state index in [1.54, 1.807) is 37.4 Å². The predicted molar refractivity (Wildman–Crippen MR) is 97.1 cm³/mol. The second-order valence-electron chi connectivity index (χ2n) is 5.75. The number of aryl methyl sites for hydroxylation is 1. The maximum atomic E-state index is 12.8. The molecule has 0 fully saturated rings. The van der Waals surface area contributed by atoms with E-state index >= 15 is 0 Å². The van der Waals surface area contributed by atoms with Crippen LogP contribution in [0.25, 0.3) is 0 Å². The van der Waals surface area contributed by atoms with Crippen molar-refractivity contribution in [3.63, 3.8) is 0 Å². The number of amides is 1. The highest BCUT2D eigenvalue weighted by molar-refractivity contribution is 5.80. The summed E-state index contributed by atoms with van der Waals surface area (Å²) in [5.74, 6) is -0.0490. The molecule has 0 atom stereocenters. The fourth-order valence-electron chi connectivity index (χ4n) is 2.36. The van der Waals surface area contributed by atoms with Gasteiger partial charge in [0.25, 0.3) is 5.91 Å². The number of rotatable bonds is 9. The molecule has 7 heteroatoms. The minimum atomic E-state index is -0.486. The Morgan fingerprint density at radius 3 is 2.30 bits per heavy atom. The largest absolute Gasteiger partial charge is 0.493 e. The van der Waals surface area contributed by atoms with Gasteiger partial charge in [0.15, 0.2) is 18.1 Å². The average Bonchev–Trinajstić information content (AvgIpc) is 2.69. The number of ether oxygens (including phenoxy) is 3. The highest BCUT2D eigenvalue weighted by Gasteiger charge is 2.09. The molecule has 144 valence electrons. The lowest BCUT2D eigenvalue weighted by atomic mass is 10.1. The van der Waals surface area contributed by atoms with Crippen molar-refractivity contribution in [1.29, 1.82) is 0 Å². The molecule has 0 spiro atoms. The number of methoxy groups -OCH3 is 2. The predicted octanol–water partition coefficient (Wildman–Crippen LogP) is 2.64. The Hall–Kier alpha value is -3.09. The number of esters is 1. The first kappa shape index (κ1) is 20.2. The van der Waals surface area contributed by atoms with Crippen LogP contribution in [0, 0.1) is 5.82 Å². The third-order valence-electron chi connectivity index (χ3n) is 3.83. The summed E-state index contributed by atoms with van der Waals surface area (Å²) < 4.78 is 28.1.